The Morgan fingerprint density at radius 2 is 2.05 bits per heavy atom. The van der Waals surface area contributed by atoms with Gasteiger partial charge in [0.2, 0.25) is 11.5 Å². The molecule has 10 nitrogen and oxygen atoms in total. The maximum absolute atomic E-state index is 15.0. The third-order valence-corrected chi connectivity index (χ3v) is 8.18. The van der Waals surface area contributed by atoms with Crippen LogP contribution in [0.2, 0.25) is 0 Å². The Hall–Kier alpha value is -4.12. The highest BCUT2D eigenvalue weighted by Crippen LogP contribution is 2.46. The minimum absolute atomic E-state index is 0.0230. The Morgan fingerprint density at radius 3 is 2.74 bits per heavy atom. The van der Waals surface area contributed by atoms with E-state index >= 15 is 0 Å². The number of amides is 1. The van der Waals surface area contributed by atoms with Gasteiger partial charge in [-0.1, -0.05) is 6.92 Å². The number of carbonyl (C=O) groups excluding carboxylic acids is 3. The fraction of sp³-hybridized carbons (Fsp3) is 0.393. The molecule has 0 unspecified atom stereocenters. The molecule has 3 aliphatic rings. The first-order valence-electron chi connectivity index (χ1n) is 12.9. The lowest BCUT2D eigenvalue weighted by Crippen LogP contribution is -2.48. The lowest BCUT2D eigenvalue weighted by molar-refractivity contribution is -0.188. The van der Waals surface area contributed by atoms with Crippen molar-refractivity contribution in [3.63, 3.8) is 0 Å². The van der Waals surface area contributed by atoms with Gasteiger partial charge in [-0.15, -0.1) is 0 Å². The number of esters is 2. The second-order valence-corrected chi connectivity index (χ2v) is 10.2. The van der Waals surface area contributed by atoms with Gasteiger partial charge >= 0.3 is 11.9 Å². The van der Waals surface area contributed by atoms with Gasteiger partial charge in [-0.25, -0.2) is 14.2 Å². The number of hydrogen-bond acceptors (Lipinski definition) is 8. The first-order chi connectivity index (χ1) is 18.6. The molecule has 39 heavy (non-hydrogen) atoms. The number of carbonyl (C=O) groups is 3. The Balaban J connectivity index is 1.65. The number of nitrogens with one attached hydrogen (secondary N) is 1. The molecule has 1 amide bonds. The summed E-state index contributed by atoms with van der Waals surface area (Å²) in [5.41, 5.74) is 7.92. The molecular weight excluding hydrogens is 507 g/mol. The topological polar surface area (TPSA) is 143 Å². The van der Waals surface area contributed by atoms with Gasteiger partial charge in [-0.2, -0.15) is 0 Å². The van der Waals surface area contributed by atoms with Crippen molar-refractivity contribution in [2.75, 3.05) is 6.54 Å². The predicted octanol–water partition coefficient (Wildman–Crippen LogP) is 2.16. The van der Waals surface area contributed by atoms with E-state index in [0.717, 1.165) is 22.1 Å². The summed E-state index contributed by atoms with van der Waals surface area (Å²) < 4.78 is 27.4. The molecule has 2 aliphatic heterocycles. The Labute approximate surface area is 222 Å². The van der Waals surface area contributed by atoms with Crippen molar-refractivity contribution in [1.82, 2.24) is 14.9 Å². The summed E-state index contributed by atoms with van der Waals surface area (Å²) in [5, 5.41) is 3.81. The van der Waals surface area contributed by atoms with E-state index in [1.807, 2.05) is 0 Å². The van der Waals surface area contributed by atoms with Crippen LogP contribution < -0.4 is 16.6 Å². The number of fused-ring (bicyclic) bond motifs is 5. The number of aryl methyl sites for hydroxylation is 1. The molecule has 2 aromatic heterocycles. The zero-order chi connectivity index (χ0) is 27.8. The molecule has 0 radical (unpaired) electrons. The van der Waals surface area contributed by atoms with Gasteiger partial charge in [0, 0.05) is 29.5 Å². The van der Waals surface area contributed by atoms with Crippen LogP contribution in [0.3, 0.4) is 0 Å². The zero-order valence-corrected chi connectivity index (χ0v) is 21.8. The second kappa shape index (κ2) is 8.70. The first-order valence-corrected chi connectivity index (χ1v) is 12.9. The van der Waals surface area contributed by atoms with Gasteiger partial charge in [0.1, 0.15) is 12.4 Å². The molecule has 0 saturated carbocycles. The van der Waals surface area contributed by atoms with Crippen molar-refractivity contribution in [2.45, 2.75) is 64.8 Å². The normalized spacial score (nSPS) is 20.6. The summed E-state index contributed by atoms with van der Waals surface area (Å²) in [7, 11) is 0. The Kier molecular flexibility index (Phi) is 5.62. The van der Waals surface area contributed by atoms with Crippen molar-refractivity contribution < 1.29 is 28.2 Å². The van der Waals surface area contributed by atoms with Crippen LogP contribution in [-0.4, -0.2) is 33.9 Å². The van der Waals surface area contributed by atoms with Crippen molar-refractivity contribution in [2.24, 2.45) is 5.73 Å². The number of nitrogens with two attached hydrogens (primary N) is 1. The van der Waals surface area contributed by atoms with E-state index < -0.39 is 29.6 Å². The highest BCUT2D eigenvalue weighted by Gasteiger charge is 2.50. The lowest BCUT2D eigenvalue weighted by Gasteiger charge is -2.35. The first kappa shape index (κ1) is 25.2. The third kappa shape index (κ3) is 3.45. The molecule has 6 rings (SSSR count). The number of ether oxygens (including phenoxy) is 2. The monoisotopic (exact) mass is 534 g/mol. The fourth-order valence-corrected chi connectivity index (χ4v) is 6.34. The molecule has 202 valence electrons. The number of rotatable bonds is 4. The van der Waals surface area contributed by atoms with Gasteiger partial charge in [0.05, 0.1) is 41.6 Å². The van der Waals surface area contributed by atoms with E-state index in [9.17, 15) is 23.6 Å². The van der Waals surface area contributed by atoms with Crippen LogP contribution in [0.25, 0.3) is 22.3 Å². The maximum atomic E-state index is 15.0. The van der Waals surface area contributed by atoms with E-state index in [1.165, 1.54) is 13.0 Å². The van der Waals surface area contributed by atoms with Crippen molar-refractivity contribution in [3.05, 3.63) is 61.7 Å². The van der Waals surface area contributed by atoms with E-state index in [1.54, 1.807) is 24.5 Å². The number of pyridine rings is 2. The maximum Gasteiger partial charge on any atom is 0.355 e. The molecule has 3 aromatic rings. The SMILES string of the molecule is CC[C@@]1(OC(=O)CN)C(=O)OCc2c1cc1n(c2=O)Cc2c-1nc1cc(F)c(C)c3c1c2[C@@H](NC(C)=O)CC3. The number of halogens is 1. The molecule has 1 aromatic carbocycles. The lowest BCUT2D eigenvalue weighted by atomic mass is 9.81. The Bertz CT molecular complexity index is 1700. The van der Waals surface area contributed by atoms with Crippen LogP contribution in [0.5, 0.6) is 0 Å². The predicted molar refractivity (Wildman–Crippen MR) is 137 cm³/mol. The van der Waals surface area contributed by atoms with Crippen molar-refractivity contribution >= 4 is 28.7 Å². The highest BCUT2D eigenvalue weighted by molar-refractivity contribution is 5.94. The molecule has 0 bridgehead atoms. The molecule has 1 aliphatic carbocycles. The highest BCUT2D eigenvalue weighted by atomic mass is 19.1. The summed E-state index contributed by atoms with van der Waals surface area (Å²) >= 11 is 0. The average Bonchev–Trinajstić information content (AvgIpc) is 3.27. The minimum Gasteiger partial charge on any atom is -0.457 e. The summed E-state index contributed by atoms with van der Waals surface area (Å²) in [4.78, 5) is 56.0. The quantitative estimate of drug-likeness (QED) is 0.379. The van der Waals surface area contributed by atoms with E-state index in [0.29, 0.717) is 35.3 Å². The number of benzene rings is 1. The summed E-state index contributed by atoms with van der Waals surface area (Å²) in [6.45, 7) is 4.29. The molecule has 0 fully saturated rings. The van der Waals surface area contributed by atoms with Gasteiger partial charge in [0.15, 0.2) is 0 Å². The van der Waals surface area contributed by atoms with E-state index in [4.69, 9.17) is 20.2 Å². The number of nitrogens with zero attached hydrogens (tertiary/aromatic N) is 2. The van der Waals surface area contributed by atoms with Crippen LogP contribution in [0.15, 0.2) is 16.9 Å². The smallest absolute Gasteiger partial charge is 0.355 e. The van der Waals surface area contributed by atoms with Crippen LogP contribution in [0, 0.1) is 12.7 Å². The molecular formula is C28H27FN4O6. The number of cyclic esters (lactones) is 1. The summed E-state index contributed by atoms with van der Waals surface area (Å²) in [5.74, 6) is -2.17. The third-order valence-electron chi connectivity index (χ3n) is 8.18. The molecule has 3 N–H and O–H groups in total. The van der Waals surface area contributed by atoms with Crippen LogP contribution in [0.1, 0.15) is 66.1 Å². The van der Waals surface area contributed by atoms with Crippen LogP contribution in [-0.2, 0) is 49.0 Å². The minimum atomic E-state index is -1.83. The average molecular weight is 535 g/mol. The Morgan fingerprint density at radius 1 is 1.28 bits per heavy atom. The second-order valence-electron chi connectivity index (χ2n) is 10.2. The summed E-state index contributed by atoms with van der Waals surface area (Å²) in [6.07, 6.45) is 1.17. The molecule has 11 heteroatoms. The molecule has 2 atom stereocenters. The van der Waals surface area contributed by atoms with Gasteiger partial charge < -0.3 is 25.1 Å². The van der Waals surface area contributed by atoms with Gasteiger partial charge in [-0.3, -0.25) is 14.4 Å². The van der Waals surface area contributed by atoms with Crippen LogP contribution >= 0.6 is 0 Å². The van der Waals surface area contributed by atoms with Gasteiger partial charge in [0.25, 0.3) is 5.56 Å². The van der Waals surface area contributed by atoms with E-state index in [-0.39, 0.29) is 48.5 Å². The van der Waals surface area contributed by atoms with Crippen molar-refractivity contribution in [3.8, 4) is 11.4 Å². The largest absolute Gasteiger partial charge is 0.457 e. The van der Waals surface area contributed by atoms with E-state index in [2.05, 4.69) is 5.32 Å². The molecule has 0 saturated heterocycles. The standard InChI is InChI=1S/C28H27FN4O6/c1-4-28(39-22(35)9-30)17-7-21-25-15(10-33(21)26(36)16(17)11-38-27(28)37)24-19(31-13(3)34)6-5-14-12(2)18(29)8-20(32-25)23(14)24/h7-8,19H,4-6,9-11,30H2,1-3H3,(H,31,34)/t19-,28-/m0/s1. The summed E-state index contributed by atoms with van der Waals surface area (Å²) in [6, 6.07) is 2.68. The van der Waals surface area contributed by atoms with Gasteiger partial charge in [-0.05, 0) is 48.9 Å². The zero-order valence-electron chi connectivity index (χ0n) is 21.8. The number of aromatic nitrogens is 2. The number of hydrogen-bond donors (Lipinski definition) is 2. The van der Waals surface area contributed by atoms with Crippen molar-refractivity contribution in [1.29, 1.82) is 0 Å². The fourth-order valence-electron chi connectivity index (χ4n) is 6.34. The van der Waals surface area contributed by atoms with Crippen LogP contribution in [0.4, 0.5) is 4.39 Å². The molecule has 0 spiro atoms. The molecule has 4 heterocycles.